The third-order valence-electron chi connectivity index (χ3n) is 5.18. The lowest BCUT2D eigenvalue weighted by atomic mass is 9.98. The van der Waals surface area contributed by atoms with Crippen LogP contribution in [0.25, 0.3) is 0 Å². The molecule has 1 heterocycles. The van der Waals surface area contributed by atoms with Crippen LogP contribution in [0.2, 0.25) is 0 Å². The molecule has 35 heavy (non-hydrogen) atoms. The molecule has 11 N–H and O–H groups in total. The molecule has 0 aliphatic carbocycles. The molecule has 1 aromatic heterocycles. The highest BCUT2D eigenvalue weighted by atomic mass is 16.4. The first-order valence-electron chi connectivity index (χ1n) is 10.8. The predicted octanol–water partition coefficient (Wildman–Crippen LogP) is -3.38. The molecule has 0 aliphatic heterocycles. The van der Waals surface area contributed by atoms with Crippen LogP contribution in [-0.2, 0) is 35.2 Å². The van der Waals surface area contributed by atoms with Gasteiger partial charge < -0.3 is 43.2 Å². The van der Waals surface area contributed by atoms with Crippen molar-refractivity contribution in [2.75, 3.05) is 0 Å². The maximum absolute atomic E-state index is 12.8. The maximum atomic E-state index is 12.8. The quantitative estimate of drug-likeness (QED) is 0.120. The summed E-state index contributed by atoms with van der Waals surface area (Å²) in [6.45, 7) is 3.33. The van der Waals surface area contributed by atoms with Gasteiger partial charge in [-0.1, -0.05) is 20.3 Å². The highest BCUT2D eigenvalue weighted by Gasteiger charge is 2.33. The molecule has 0 radical (unpaired) electrons. The number of primary amides is 2. The number of carboxylic acid groups (broad SMARTS) is 1. The number of nitrogens with one attached hydrogen (secondary N) is 4. The minimum Gasteiger partial charge on any atom is -0.480 e. The van der Waals surface area contributed by atoms with Crippen molar-refractivity contribution in [2.45, 2.75) is 63.7 Å². The molecule has 15 nitrogen and oxygen atoms in total. The fraction of sp³-hybridized carbons (Fsp3) is 0.550. The number of aromatic nitrogens is 2. The van der Waals surface area contributed by atoms with E-state index in [1.54, 1.807) is 13.8 Å². The van der Waals surface area contributed by atoms with Crippen LogP contribution < -0.4 is 33.2 Å². The molecular formula is C20H32N8O7. The molecule has 0 aliphatic rings. The summed E-state index contributed by atoms with van der Waals surface area (Å²) in [7, 11) is 0. The number of rotatable bonds is 15. The molecule has 5 amide bonds. The standard InChI is InChI=1S/C20H32N8O7/c1-3-9(2)16(20(34)35)28-19(33)13(6-15(23)30)27-18(32)12(5-14(22)29)26-17(31)11(21)4-10-7-24-8-25-10/h7-9,11-13,16H,3-6,21H2,1-2H3,(H2,22,29)(H2,23,30)(H,24,25)(H,26,31)(H,27,32)(H,28,33)(H,34,35). The fourth-order valence-corrected chi connectivity index (χ4v) is 3.03. The first-order chi connectivity index (χ1) is 16.3. The van der Waals surface area contributed by atoms with Gasteiger partial charge in [0.15, 0.2) is 0 Å². The number of amides is 5. The lowest BCUT2D eigenvalue weighted by Crippen LogP contribution is -2.59. The van der Waals surface area contributed by atoms with E-state index in [1.807, 2.05) is 0 Å². The topological polar surface area (TPSA) is 265 Å². The third kappa shape index (κ3) is 9.79. The molecule has 194 valence electrons. The van der Waals surface area contributed by atoms with Gasteiger partial charge in [0.25, 0.3) is 0 Å². The van der Waals surface area contributed by atoms with Crippen molar-refractivity contribution in [2.24, 2.45) is 23.1 Å². The van der Waals surface area contributed by atoms with Gasteiger partial charge in [-0.2, -0.15) is 0 Å². The molecule has 1 rings (SSSR count). The normalized spacial score (nSPS) is 15.1. The van der Waals surface area contributed by atoms with Crippen LogP contribution in [0.5, 0.6) is 0 Å². The molecular weight excluding hydrogens is 464 g/mol. The molecule has 0 saturated heterocycles. The van der Waals surface area contributed by atoms with Crippen LogP contribution in [0.15, 0.2) is 12.5 Å². The highest BCUT2D eigenvalue weighted by molar-refractivity contribution is 5.97. The van der Waals surface area contributed by atoms with E-state index in [0.29, 0.717) is 12.1 Å². The molecule has 1 aromatic rings. The Hall–Kier alpha value is -4.01. The van der Waals surface area contributed by atoms with Crippen LogP contribution in [0.1, 0.15) is 38.8 Å². The van der Waals surface area contributed by atoms with Gasteiger partial charge in [-0.15, -0.1) is 0 Å². The molecule has 15 heteroatoms. The second-order valence-electron chi connectivity index (χ2n) is 8.06. The van der Waals surface area contributed by atoms with Crippen LogP contribution in [0.4, 0.5) is 0 Å². The summed E-state index contributed by atoms with van der Waals surface area (Å²) in [5, 5.41) is 16.2. The number of hydrogen-bond donors (Lipinski definition) is 8. The Morgan fingerprint density at radius 2 is 1.49 bits per heavy atom. The number of nitrogens with zero attached hydrogens (tertiary/aromatic N) is 1. The average Bonchev–Trinajstić information content (AvgIpc) is 3.27. The summed E-state index contributed by atoms with van der Waals surface area (Å²) in [6.07, 6.45) is 2.02. The fourth-order valence-electron chi connectivity index (χ4n) is 3.03. The van der Waals surface area contributed by atoms with E-state index in [4.69, 9.17) is 17.2 Å². The minimum atomic E-state index is -1.57. The summed E-state index contributed by atoms with van der Waals surface area (Å²) in [5.74, 6) is -6.46. The molecule has 0 bridgehead atoms. The van der Waals surface area contributed by atoms with Crippen molar-refractivity contribution in [3.8, 4) is 0 Å². The average molecular weight is 497 g/mol. The van der Waals surface area contributed by atoms with Gasteiger partial charge in [-0.05, 0) is 5.92 Å². The van der Waals surface area contributed by atoms with Crippen molar-refractivity contribution >= 4 is 35.5 Å². The number of aromatic amines is 1. The molecule has 5 atom stereocenters. The largest absolute Gasteiger partial charge is 0.480 e. The highest BCUT2D eigenvalue weighted by Crippen LogP contribution is 2.09. The zero-order valence-corrected chi connectivity index (χ0v) is 19.4. The van der Waals surface area contributed by atoms with Gasteiger partial charge in [-0.25, -0.2) is 9.78 Å². The van der Waals surface area contributed by atoms with Gasteiger partial charge in [0.2, 0.25) is 29.5 Å². The van der Waals surface area contributed by atoms with Crippen molar-refractivity contribution in [1.82, 2.24) is 25.9 Å². The number of carbonyl (C=O) groups excluding carboxylic acids is 5. The summed E-state index contributed by atoms with van der Waals surface area (Å²) in [5.41, 5.74) is 16.7. The summed E-state index contributed by atoms with van der Waals surface area (Å²) in [4.78, 5) is 79.0. The first-order valence-corrected chi connectivity index (χ1v) is 10.8. The third-order valence-corrected chi connectivity index (χ3v) is 5.18. The van der Waals surface area contributed by atoms with Crippen molar-refractivity contribution in [1.29, 1.82) is 0 Å². The van der Waals surface area contributed by atoms with E-state index in [9.17, 15) is 33.9 Å². The smallest absolute Gasteiger partial charge is 0.326 e. The summed E-state index contributed by atoms with van der Waals surface area (Å²) < 4.78 is 0. The van der Waals surface area contributed by atoms with Crippen molar-refractivity contribution in [3.63, 3.8) is 0 Å². The molecule has 0 aromatic carbocycles. The number of nitrogens with two attached hydrogens (primary N) is 3. The number of aliphatic carboxylic acids is 1. The molecule has 5 unspecified atom stereocenters. The van der Waals surface area contributed by atoms with Crippen molar-refractivity contribution < 1.29 is 33.9 Å². The lowest BCUT2D eigenvalue weighted by molar-refractivity contribution is -0.144. The van der Waals surface area contributed by atoms with Gasteiger partial charge >= 0.3 is 5.97 Å². The Morgan fingerprint density at radius 1 is 0.971 bits per heavy atom. The predicted molar refractivity (Wildman–Crippen MR) is 121 cm³/mol. The first kappa shape index (κ1) is 29.0. The molecule has 0 fully saturated rings. The summed E-state index contributed by atoms with van der Waals surface area (Å²) >= 11 is 0. The summed E-state index contributed by atoms with van der Waals surface area (Å²) in [6, 6.07) is -5.51. The van der Waals surface area contributed by atoms with E-state index < -0.39 is 78.4 Å². The number of carboxylic acids is 1. The van der Waals surface area contributed by atoms with E-state index in [2.05, 4.69) is 25.9 Å². The van der Waals surface area contributed by atoms with Crippen LogP contribution in [0.3, 0.4) is 0 Å². The van der Waals surface area contributed by atoms with Crippen LogP contribution >= 0.6 is 0 Å². The Morgan fingerprint density at radius 3 is 1.91 bits per heavy atom. The second-order valence-corrected chi connectivity index (χ2v) is 8.06. The zero-order valence-electron chi connectivity index (χ0n) is 19.4. The van der Waals surface area contributed by atoms with E-state index in [-0.39, 0.29) is 6.42 Å². The van der Waals surface area contributed by atoms with Gasteiger partial charge in [0.1, 0.15) is 18.1 Å². The van der Waals surface area contributed by atoms with Gasteiger partial charge in [-0.3, -0.25) is 24.0 Å². The minimum absolute atomic E-state index is 0.0512. The maximum Gasteiger partial charge on any atom is 0.326 e. The molecule has 0 saturated carbocycles. The number of hydrogen-bond acceptors (Lipinski definition) is 8. The second kappa shape index (κ2) is 13.6. The number of H-pyrrole nitrogens is 1. The van der Waals surface area contributed by atoms with E-state index >= 15 is 0 Å². The Bertz CT molecular complexity index is 921. The number of carbonyl (C=O) groups is 6. The van der Waals surface area contributed by atoms with E-state index in [0.717, 1.165) is 0 Å². The zero-order chi connectivity index (χ0) is 26.7. The SMILES string of the molecule is CCC(C)C(NC(=O)C(CC(N)=O)NC(=O)C(CC(N)=O)NC(=O)C(N)Cc1cnc[nH]1)C(=O)O. The molecule has 0 spiro atoms. The van der Waals surface area contributed by atoms with Crippen LogP contribution in [0, 0.1) is 5.92 Å². The van der Waals surface area contributed by atoms with Gasteiger partial charge in [0.05, 0.1) is 25.2 Å². The Balaban J connectivity index is 2.98. The Kier molecular flexibility index (Phi) is 11.3. The van der Waals surface area contributed by atoms with Crippen LogP contribution in [-0.4, -0.2) is 74.7 Å². The lowest BCUT2D eigenvalue weighted by Gasteiger charge is -2.25. The number of imidazole rings is 1. The Labute approximate surface area is 200 Å². The van der Waals surface area contributed by atoms with E-state index in [1.165, 1.54) is 12.5 Å². The van der Waals surface area contributed by atoms with Gasteiger partial charge in [0, 0.05) is 18.3 Å². The monoisotopic (exact) mass is 496 g/mol. The van der Waals surface area contributed by atoms with Crippen molar-refractivity contribution in [3.05, 3.63) is 18.2 Å².